The summed E-state index contributed by atoms with van der Waals surface area (Å²) in [5.74, 6) is 0.288. The minimum Gasteiger partial charge on any atom is -0.491 e. The van der Waals surface area contributed by atoms with Gasteiger partial charge in [-0.2, -0.15) is 0 Å². The maximum atomic E-state index is 12.3. The molecule has 0 spiro atoms. The van der Waals surface area contributed by atoms with E-state index in [1.807, 2.05) is 31.2 Å². The van der Waals surface area contributed by atoms with E-state index in [2.05, 4.69) is 5.32 Å². The maximum absolute atomic E-state index is 12.3. The highest BCUT2D eigenvalue weighted by molar-refractivity contribution is 7.92. The number of aryl methyl sites for hydroxylation is 1. The fourth-order valence-electron chi connectivity index (χ4n) is 2.36. The normalized spacial score (nSPS) is 12.3. The van der Waals surface area contributed by atoms with Crippen molar-refractivity contribution >= 4 is 33.2 Å². The van der Waals surface area contributed by atoms with E-state index in [1.165, 1.54) is 0 Å². The Hall–Kier alpha value is -2.25. The summed E-state index contributed by atoms with van der Waals surface area (Å²) in [6, 6.07) is 13.6. The third kappa shape index (κ3) is 6.77. The number of benzene rings is 2. The standard InChI is InChI=1S/C19H23ClN2O4S/c1-14-4-10-18(11-5-14)26-13-15(2)21-19(23)12-22(27(3,24)25)17-8-6-16(20)7-9-17/h4-11,15H,12-13H2,1-3H3,(H,21,23)/t15-/m0/s1. The average Bonchev–Trinajstić information content (AvgIpc) is 2.59. The Kier molecular flexibility index (Phi) is 7.10. The lowest BCUT2D eigenvalue weighted by atomic mass is 10.2. The SMILES string of the molecule is Cc1ccc(OC[C@H](C)NC(=O)CN(c2ccc(Cl)cc2)S(C)(=O)=O)cc1. The number of rotatable bonds is 8. The van der Waals surface area contributed by atoms with Crippen LogP contribution in [0.25, 0.3) is 0 Å². The van der Waals surface area contributed by atoms with Gasteiger partial charge in [0.15, 0.2) is 0 Å². The highest BCUT2D eigenvalue weighted by Gasteiger charge is 2.21. The Morgan fingerprint density at radius 2 is 1.74 bits per heavy atom. The van der Waals surface area contributed by atoms with Crippen LogP contribution in [0.3, 0.4) is 0 Å². The van der Waals surface area contributed by atoms with Gasteiger partial charge < -0.3 is 10.1 Å². The van der Waals surface area contributed by atoms with Crippen LogP contribution in [0.4, 0.5) is 5.69 Å². The van der Waals surface area contributed by atoms with Crippen molar-refractivity contribution in [2.75, 3.05) is 23.7 Å². The molecule has 0 saturated heterocycles. The van der Waals surface area contributed by atoms with Crippen molar-refractivity contribution in [2.24, 2.45) is 0 Å². The van der Waals surface area contributed by atoms with E-state index in [-0.39, 0.29) is 19.2 Å². The van der Waals surface area contributed by atoms with Gasteiger partial charge in [-0.3, -0.25) is 9.10 Å². The van der Waals surface area contributed by atoms with Crippen molar-refractivity contribution in [2.45, 2.75) is 19.9 Å². The number of halogens is 1. The largest absolute Gasteiger partial charge is 0.491 e. The van der Waals surface area contributed by atoms with Crippen molar-refractivity contribution in [1.29, 1.82) is 0 Å². The lowest BCUT2D eigenvalue weighted by molar-refractivity contribution is -0.120. The summed E-state index contributed by atoms with van der Waals surface area (Å²) >= 11 is 5.84. The zero-order valence-electron chi connectivity index (χ0n) is 15.5. The second-order valence-corrected chi connectivity index (χ2v) is 8.68. The predicted octanol–water partition coefficient (Wildman–Crippen LogP) is 3.00. The van der Waals surface area contributed by atoms with Crippen LogP contribution in [-0.4, -0.2) is 39.8 Å². The van der Waals surface area contributed by atoms with Crippen molar-refractivity contribution in [1.82, 2.24) is 5.32 Å². The number of nitrogens with one attached hydrogen (secondary N) is 1. The molecule has 0 bridgehead atoms. The molecule has 27 heavy (non-hydrogen) atoms. The first-order chi connectivity index (χ1) is 12.6. The van der Waals surface area contributed by atoms with Gasteiger partial charge in [0.2, 0.25) is 15.9 Å². The molecule has 1 amide bonds. The van der Waals surface area contributed by atoms with Crippen LogP contribution in [0.1, 0.15) is 12.5 Å². The molecule has 0 aliphatic heterocycles. The Balaban J connectivity index is 1.94. The molecule has 1 N–H and O–H groups in total. The number of hydrogen-bond acceptors (Lipinski definition) is 4. The smallest absolute Gasteiger partial charge is 0.241 e. The van der Waals surface area contributed by atoms with Crippen molar-refractivity contribution in [3.8, 4) is 5.75 Å². The molecule has 2 aromatic carbocycles. The molecule has 0 unspecified atom stereocenters. The molecule has 0 aromatic heterocycles. The molecule has 6 nitrogen and oxygen atoms in total. The van der Waals surface area contributed by atoms with Crippen molar-refractivity contribution in [3.63, 3.8) is 0 Å². The van der Waals surface area contributed by atoms with E-state index in [1.54, 1.807) is 31.2 Å². The molecule has 0 heterocycles. The van der Waals surface area contributed by atoms with Gasteiger partial charge >= 0.3 is 0 Å². The van der Waals surface area contributed by atoms with Gasteiger partial charge in [0, 0.05) is 5.02 Å². The number of sulfonamides is 1. The molecule has 2 aromatic rings. The van der Waals surface area contributed by atoms with Gasteiger partial charge in [0.05, 0.1) is 18.0 Å². The van der Waals surface area contributed by atoms with Crippen LogP contribution < -0.4 is 14.4 Å². The van der Waals surface area contributed by atoms with E-state index in [9.17, 15) is 13.2 Å². The Morgan fingerprint density at radius 1 is 1.15 bits per heavy atom. The summed E-state index contributed by atoms with van der Waals surface area (Å²) in [7, 11) is -3.62. The molecule has 0 aliphatic rings. The summed E-state index contributed by atoms with van der Waals surface area (Å²) in [5.41, 5.74) is 1.51. The summed E-state index contributed by atoms with van der Waals surface area (Å²) < 4.78 is 30.8. The zero-order chi connectivity index (χ0) is 20.0. The van der Waals surface area contributed by atoms with Gasteiger partial charge in [-0.25, -0.2) is 8.42 Å². The lowest BCUT2D eigenvalue weighted by Gasteiger charge is -2.23. The number of carbonyl (C=O) groups excluding carboxylic acids is 1. The highest BCUT2D eigenvalue weighted by Crippen LogP contribution is 2.20. The molecule has 0 fully saturated rings. The van der Waals surface area contributed by atoms with Crippen LogP contribution in [0.2, 0.25) is 5.02 Å². The minimum absolute atomic E-state index is 0.272. The summed E-state index contributed by atoms with van der Waals surface area (Å²) in [4.78, 5) is 12.3. The molecule has 2 rings (SSSR count). The molecule has 8 heteroatoms. The molecule has 0 radical (unpaired) electrons. The number of nitrogens with zero attached hydrogens (tertiary/aromatic N) is 1. The Bertz CT molecular complexity index is 868. The monoisotopic (exact) mass is 410 g/mol. The first-order valence-electron chi connectivity index (χ1n) is 8.37. The molecular weight excluding hydrogens is 388 g/mol. The molecule has 1 atom stereocenters. The van der Waals surface area contributed by atoms with E-state index in [0.717, 1.165) is 16.1 Å². The third-order valence-electron chi connectivity index (χ3n) is 3.73. The first-order valence-corrected chi connectivity index (χ1v) is 10.6. The Morgan fingerprint density at radius 3 is 2.30 bits per heavy atom. The number of ether oxygens (including phenoxy) is 1. The molecular formula is C19H23ClN2O4S. The van der Waals surface area contributed by atoms with Crippen LogP contribution in [0.15, 0.2) is 48.5 Å². The van der Waals surface area contributed by atoms with Crippen LogP contribution in [-0.2, 0) is 14.8 Å². The van der Waals surface area contributed by atoms with Gasteiger partial charge in [-0.05, 0) is 50.2 Å². The van der Waals surface area contributed by atoms with Crippen molar-refractivity contribution < 1.29 is 17.9 Å². The second kappa shape index (κ2) is 9.10. The van der Waals surface area contributed by atoms with Gasteiger partial charge in [-0.1, -0.05) is 29.3 Å². The van der Waals surface area contributed by atoms with E-state index >= 15 is 0 Å². The van der Waals surface area contributed by atoms with E-state index in [4.69, 9.17) is 16.3 Å². The summed E-state index contributed by atoms with van der Waals surface area (Å²) in [6.07, 6.45) is 1.05. The predicted molar refractivity (Wildman–Crippen MR) is 108 cm³/mol. The second-order valence-electron chi connectivity index (χ2n) is 6.34. The summed E-state index contributed by atoms with van der Waals surface area (Å²) in [6.45, 7) is 3.73. The number of anilines is 1. The first kappa shape index (κ1) is 21.1. The quantitative estimate of drug-likeness (QED) is 0.725. The van der Waals surface area contributed by atoms with Crippen LogP contribution in [0, 0.1) is 6.92 Å². The van der Waals surface area contributed by atoms with Crippen molar-refractivity contribution in [3.05, 3.63) is 59.1 Å². The number of carbonyl (C=O) groups is 1. The van der Waals surface area contributed by atoms with E-state index in [0.29, 0.717) is 16.5 Å². The highest BCUT2D eigenvalue weighted by atomic mass is 35.5. The van der Waals surface area contributed by atoms with Gasteiger partial charge in [-0.15, -0.1) is 0 Å². The van der Waals surface area contributed by atoms with Gasteiger partial charge in [0.25, 0.3) is 0 Å². The molecule has 0 aliphatic carbocycles. The van der Waals surface area contributed by atoms with Gasteiger partial charge in [0.1, 0.15) is 18.9 Å². The topological polar surface area (TPSA) is 75.7 Å². The number of amides is 1. The molecule has 0 saturated carbocycles. The fourth-order valence-corrected chi connectivity index (χ4v) is 3.34. The van der Waals surface area contributed by atoms with Crippen LogP contribution >= 0.6 is 11.6 Å². The Labute approximate surface area is 165 Å². The van der Waals surface area contributed by atoms with E-state index < -0.39 is 15.9 Å². The maximum Gasteiger partial charge on any atom is 0.241 e. The average molecular weight is 411 g/mol. The fraction of sp³-hybridized carbons (Fsp3) is 0.316. The lowest BCUT2D eigenvalue weighted by Crippen LogP contribution is -2.44. The third-order valence-corrected chi connectivity index (χ3v) is 5.12. The summed E-state index contributed by atoms with van der Waals surface area (Å²) in [5, 5.41) is 3.23. The minimum atomic E-state index is -3.62. The zero-order valence-corrected chi connectivity index (χ0v) is 17.0. The number of hydrogen-bond donors (Lipinski definition) is 1. The van der Waals surface area contributed by atoms with Crippen LogP contribution in [0.5, 0.6) is 5.75 Å². The molecule has 146 valence electrons.